The van der Waals surface area contributed by atoms with Crippen molar-refractivity contribution in [2.24, 2.45) is 0 Å². The highest BCUT2D eigenvalue weighted by Crippen LogP contribution is 2.30. The molecule has 1 aromatic heterocycles. The van der Waals surface area contributed by atoms with Crippen molar-refractivity contribution in [3.8, 4) is 0 Å². The lowest BCUT2D eigenvalue weighted by molar-refractivity contribution is 0.129. The lowest BCUT2D eigenvalue weighted by Gasteiger charge is -2.28. The van der Waals surface area contributed by atoms with Gasteiger partial charge in [0.1, 0.15) is 5.52 Å². The summed E-state index contributed by atoms with van der Waals surface area (Å²) in [6.07, 6.45) is 1.52. The zero-order valence-corrected chi connectivity index (χ0v) is 12.6. The molecule has 0 atom stereocenters. The zero-order chi connectivity index (χ0) is 15.5. The number of likely N-dealkylation sites (tertiary alicyclic amines) is 1. The van der Waals surface area contributed by atoms with Crippen LogP contribution in [0.3, 0.4) is 0 Å². The Morgan fingerprint density at radius 3 is 2.91 bits per heavy atom. The number of carboxylic acid groups (broad SMARTS) is 1. The molecular weight excluding hydrogens is 284 g/mol. The van der Waals surface area contributed by atoms with Crippen molar-refractivity contribution in [3.05, 3.63) is 29.7 Å². The molecule has 2 heterocycles. The van der Waals surface area contributed by atoms with Crippen LogP contribution < -0.4 is 0 Å². The van der Waals surface area contributed by atoms with Crippen molar-refractivity contribution in [3.63, 3.8) is 0 Å². The van der Waals surface area contributed by atoms with Crippen LogP contribution in [-0.2, 0) is 11.2 Å². The number of hydrogen-bond donors (Lipinski definition) is 1. The van der Waals surface area contributed by atoms with Crippen molar-refractivity contribution < 1.29 is 19.1 Å². The second-order valence-electron chi connectivity index (χ2n) is 5.64. The number of aromatic nitrogens is 1. The van der Waals surface area contributed by atoms with Gasteiger partial charge in [0.15, 0.2) is 11.5 Å². The van der Waals surface area contributed by atoms with Crippen LogP contribution >= 0.6 is 0 Å². The number of amides is 1. The molecule has 1 saturated heterocycles. The first-order chi connectivity index (χ1) is 10.7. The normalized spacial score (nSPS) is 16.3. The molecule has 0 bridgehead atoms. The highest BCUT2D eigenvalue weighted by Gasteiger charge is 2.26. The fraction of sp³-hybridized carbons (Fsp3) is 0.500. The van der Waals surface area contributed by atoms with Crippen molar-refractivity contribution in [1.82, 2.24) is 9.88 Å². The van der Waals surface area contributed by atoms with E-state index in [-0.39, 0.29) is 5.92 Å². The first-order valence-electron chi connectivity index (χ1n) is 7.53. The number of ether oxygens (including phenoxy) is 1. The molecule has 1 aromatic carbocycles. The molecule has 0 spiro atoms. The third kappa shape index (κ3) is 3.06. The predicted molar refractivity (Wildman–Crippen MR) is 81.2 cm³/mol. The fourth-order valence-electron chi connectivity index (χ4n) is 2.85. The Morgan fingerprint density at radius 1 is 1.45 bits per heavy atom. The molecule has 22 heavy (non-hydrogen) atoms. The molecule has 1 aliphatic heterocycles. The van der Waals surface area contributed by atoms with E-state index in [4.69, 9.17) is 14.3 Å². The Hall–Kier alpha value is -2.08. The maximum Gasteiger partial charge on any atom is 0.407 e. The molecule has 3 rings (SSSR count). The summed E-state index contributed by atoms with van der Waals surface area (Å²) in [4.78, 5) is 16.9. The average Bonchev–Trinajstić information content (AvgIpc) is 2.96. The van der Waals surface area contributed by atoms with E-state index >= 15 is 0 Å². The molecule has 0 radical (unpaired) electrons. The zero-order valence-electron chi connectivity index (χ0n) is 12.6. The molecular formula is C16H20N2O4. The van der Waals surface area contributed by atoms with Gasteiger partial charge in [-0.05, 0) is 37.0 Å². The number of hydrogen-bond acceptors (Lipinski definition) is 4. The SMILES string of the molecule is COCCc1ccc2nc(C3CCN(C(=O)O)CC3)oc2c1. The minimum absolute atomic E-state index is 0.199. The summed E-state index contributed by atoms with van der Waals surface area (Å²) >= 11 is 0. The van der Waals surface area contributed by atoms with Gasteiger partial charge in [0.2, 0.25) is 0 Å². The van der Waals surface area contributed by atoms with Gasteiger partial charge < -0.3 is 19.2 Å². The molecule has 1 N–H and O–H groups in total. The lowest BCUT2D eigenvalue weighted by Crippen LogP contribution is -2.36. The van der Waals surface area contributed by atoms with Crippen LogP contribution in [0.1, 0.15) is 30.2 Å². The van der Waals surface area contributed by atoms with Gasteiger partial charge in [0.05, 0.1) is 6.61 Å². The summed E-state index contributed by atoms with van der Waals surface area (Å²) in [5.41, 5.74) is 2.82. The first-order valence-corrected chi connectivity index (χ1v) is 7.53. The smallest absolute Gasteiger partial charge is 0.407 e. The number of benzene rings is 1. The topological polar surface area (TPSA) is 75.8 Å². The Balaban J connectivity index is 1.73. The highest BCUT2D eigenvalue weighted by molar-refractivity contribution is 5.73. The van der Waals surface area contributed by atoms with Crippen molar-refractivity contribution >= 4 is 17.2 Å². The summed E-state index contributed by atoms with van der Waals surface area (Å²) in [6.45, 7) is 1.76. The largest absolute Gasteiger partial charge is 0.465 e. The van der Waals surface area contributed by atoms with Crippen LogP contribution in [0.4, 0.5) is 4.79 Å². The van der Waals surface area contributed by atoms with E-state index in [1.165, 1.54) is 4.90 Å². The van der Waals surface area contributed by atoms with E-state index in [0.29, 0.717) is 19.7 Å². The minimum atomic E-state index is -0.848. The maximum absolute atomic E-state index is 10.9. The molecule has 1 fully saturated rings. The highest BCUT2D eigenvalue weighted by atomic mass is 16.5. The summed E-state index contributed by atoms with van der Waals surface area (Å²) in [6, 6.07) is 6.03. The number of carbonyl (C=O) groups is 1. The second-order valence-corrected chi connectivity index (χ2v) is 5.64. The van der Waals surface area contributed by atoms with Gasteiger partial charge >= 0.3 is 6.09 Å². The molecule has 1 amide bonds. The average molecular weight is 304 g/mol. The third-order valence-corrected chi connectivity index (χ3v) is 4.18. The van der Waals surface area contributed by atoms with Crippen LogP contribution in [0.25, 0.3) is 11.1 Å². The molecule has 6 heteroatoms. The molecule has 0 unspecified atom stereocenters. The summed E-state index contributed by atoms with van der Waals surface area (Å²) in [7, 11) is 1.69. The third-order valence-electron chi connectivity index (χ3n) is 4.18. The van der Waals surface area contributed by atoms with Gasteiger partial charge in [0, 0.05) is 26.1 Å². The Bertz CT molecular complexity index is 659. The van der Waals surface area contributed by atoms with Crippen molar-refractivity contribution in [2.45, 2.75) is 25.2 Å². The Labute approximate surface area is 128 Å². The molecule has 0 aliphatic carbocycles. The number of rotatable bonds is 4. The second kappa shape index (κ2) is 6.36. The molecule has 0 saturated carbocycles. The maximum atomic E-state index is 10.9. The summed E-state index contributed by atoms with van der Waals surface area (Å²) < 4.78 is 11.0. The van der Waals surface area contributed by atoms with Gasteiger partial charge in [0.25, 0.3) is 0 Å². The Morgan fingerprint density at radius 2 is 2.23 bits per heavy atom. The van der Waals surface area contributed by atoms with Crippen LogP contribution in [0.5, 0.6) is 0 Å². The fourth-order valence-corrected chi connectivity index (χ4v) is 2.85. The van der Waals surface area contributed by atoms with Crippen LogP contribution in [-0.4, -0.2) is 47.9 Å². The quantitative estimate of drug-likeness (QED) is 0.940. The van der Waals surface area contributed by atoms with Crippen LogP contribution in [0.2, 0.25) is 0 Å². The van der Waals surface area contributed by atoms with E-state index < -0.39 is 6.09 Å². The Kier molecular flexibility index (Phi) is 4.29. The standard InChI is InChI=1S/C16H20N2O4/c1-21-9-6-11-2-3-13-14(10-11)22-15(17-13)12-4-7-18(8-5-12)16(19)20/h2-3,10,12H,4-9H2,1H3,(H,19,20). The number of methoxy groups -OCH3 is 1. The number of nitrogens with zero attached hydrogens (tertiary/aromatic N) is 2. The molecule has 6 nitrogen and oxygen atoms in total. The van der Waals surface area contributed by atoms with Crippen molar-refractivity contribution in [1.29, 1.82) is 0 Å². The van der Waals surface area contributed by atoms with Crippen LogP contribution in [0, 0.1) is 0 Å². The van der Waals surface area contributed by atoms with E-state index in [0.717, 1.165) is 41.8 Å². The number of oxazole rings is 1. The first kappa shape index (κ1) is 14.8. The number of piperidine rings is 1. The van der Waals surface area contributed by atoms with E-state index in [2.05, 4.69) is 4.98 Å². The van der Waals surface area contributed by atoms with Gasteiger partial charge in [-0.25, -0.2) is 9.78 Å². The molecule has 118 valence electrons. The van der Waals surface area contributed by atoms with E-state index in [9.17, 15) is 4.79 Å². The van der Waals surface area contributed by atoms with Crippen LogP contribution in [0.15, 0.2) is 22.6 Å². The van der Waals surface area contributed by atoms with E-state index in [1.807, 2.05) is 18.2 Å². The molecule has 1 aliphatic rings. The van der Waals surface area contributed by atoms with Gasteiger partial charge in [-0.15, -0.1) is 0 Å². The van der Waals surface area contributed by atoms with E-state index in [1.54, 1.807) is 7.11 Å². The summed E-state index contributed by atoms with van der Waals surface area (Å²) in [5.74, 6) is 0.925. The summed E-state index contributed by atoms with van der Waals surface area (Å²) in [5, 5.41) is 8.99. The molecule has 2 aromatic rings. The number of fused-ring (bicyclic) bond motifs is 1. The van der Waals surface area contributed by atoms with Gasteiger partial charge in [-0.2, -0.15) is 0 Å². The van der Waals surface area contributed by atoms with Gasteiger partial charge in [-0.1, -0.05) is 6.07 Å². The predicted octanol–water partition coefficient (Wildman–Crippen LogP) is 2.87. The minimum Gasteiger partial charge on any atom is -0.465 e. The van der Waals surface area contributed by atoms with Gasteiger partial charge in [-0.3, -0.25) is 0 Å². The van der Waals surface area contributed by atoms with Crippen molar-refractivity contribution in [2.75, 3.05) is 26.8 Å². The monoisotopic (exact) mass is 304 g/mol. The lowest BCUT2D eigenvalue weighted by atomic mass is 9.97.